The Labute approximate surface area is 100 Å². The summed E-state index contributed by atoms with van der Waals surface area (Å²) in [6.45, 7) is 2.01. The molecule has 1 aromatic heterocycles. The van der Waals surface area contributed by atoms with Crippen LogP contribution in [-0.2, 0) is 0 Å². The SMILES string of the molecule is COc1ccc(C(N)c2cnccn2)c(C)c1. The second kappa shape index (κ2) is 4.93. The summed E-state index contributed by atoms with van der Waals surface area (Å²) < 4.78 is 5.17. The first-order valence-electron chi connectivity index (χ1n) is 5.38. The summed E-state index contributed by atoms with van der Waals surface area (Å²) in [6.07, 6.45) is 4.97. The molecule has 0 aliphatic carbocycles. The average molecular weight is 229 g/mol. The highest BCUT2D eigenvalue weighted by Gasteiger charge is 2.13. The minimum atomic E-state index is -0.255. The lowest BCUT2D eigenvalue weighted by Crippen LogP contribution is -2.15. The van der Waals surface area contributed by atoms with Gasteiger partial charge >= 0.3 is 0 Å². The van der Waals surface area contributed by atoms with Crippen LogP contribution in [0.3, 0.4) is 0 Å². The topological polar surface area (TPSA) is 61.0 Å². The maximum atomic E-state index is 6.17. The fraction of sp³-hybridized carbons (Fsp3) is 0.231. The normalized spacial score (nSPS) is 12.2. The molecule has 0 spiro atoms. The van der Waals surface area contributed by atoms with Gasteiger partial charge in [-0.25, -0.2) is 0 Å². The van der Waals surface area contributed by atoms with Crippen LogP contribution in [0.1, 0.15) is 22.9 Å². The van der Waals surface area contributed by atoms with Crippen molar-refractivity contribution < 1.29 is 4.74 Å². The maximum Gasteiger partial charge on any atom is 0.119 e. The van der Waals surface area contributed by atoms with Crippen molar-refractivity contribution in [2.45, 2.75) is 13.0 Å². The molecule has 17 heavy (non-hydrogen) atoms. The molecule has 88 valence electrons. The molecule has 1 aromatic carbocycles. The van der Waals surface area contributed by atoms with Crippen molar-refractivity contribution >= 4 is 0 Å². The molecule has 1 unspecified atom stereocenters. The molecule has 0 saturated carbocycles. The molecule has 2 rings (SSSR count). The molecule has 0 saturated heterocycles. The van der Waals surface area contributed by atoms with E-state index in [1.807, 2.05) is 25.1 Å². The minimum absolute atomic E-state index is 0.255. The van der Waals surface area contributed by atoms with E-state index in [9.17, 15) is 0 Å². The quantitative estimate of drug-likeness (QED) is 0.872. The molecule has 4 nitrogen and oxygen atoms in total. The number of rotatable bonds is 3. The molecule has 2 N–H and O–H groups in total. The number of aryl methyl sites for hydroxylation is 1. The highest BCUT2D eigenvalue weighted by atomic mass is 16.5. The number of hydrogen-bond acceptors (Lipinski definition) is 4. The summed E-state index contributed by atoms with van der Waals surface area (Å²) in [6, 6.07) is 5.58. The average Bonchev–Trinajstić information content (AvgIpc) is 2.39. The Hall–Kier alpha value is -1.94. The summed E-state index contributed by atoms with van der Waals surface area (Å²) in [5.41, 5.74) is 9.05. The van der Waals surface area contributed by atoms with Crippen molar-refractivity contribution in [3.63, 3.8) is 0 Å². The van der Waals surface area contributed by atoms with Gasteiger partial charge in [-0.1, -0.05) is 6.07 Å². The van der Waals surface area contributed by atoms with E-state index in [0.29, 0.717) is 0 Å². The van der Waals surface area contributed by atoms with E-state index in [1.165, 1.54) is 0 Å². The van der Waals surface area contributed by atoms with E-state index < -0.39 is 0 Å². The molecule has 0 aliphatic rings. The van der Waals surface area contributed by atoms with Gasteiger partial charge in [0.25, 0.3) is 0 Å². The van der Waals surface area contributed by atoms with Crippen LogP contribution in [0.4, 0.5) is 0 Å². The Morgan fingerprint density at radius 3 is 2.71 bits per heavy atom. The van der Waals surface area contributed by atoms with Crippen LogP contribution in [-0.4, -0.2) is 17.1 Å². The fourth-order valence-corrected chi connectivity index (χ4v) is 1.75. The maximum absolute atomic E-state index is 6.17. The molecule has 0 fully saturated rings. The zero-order chi connectivity index (χ0) is 12.3. The van der Waals surface area contributed by atoms with Gasteiger partial charge in [-0.2, -0.15) is 0 Å². The van der Waals surface area contributed by atoms with Crippen molar-refractivity contribution in [3.05, 3.63) is 53.6 Å². The van der Waals surface area contributed by atoms with E-state index in [0.717, 1.165) is 22.6 Å². The Balaban J connectivity index is 2.34. The largest absolute Gasteiger partial charge is 0.497 e. The smallest absolute Gasteiger partial charge is 0.119 e. The highest BCUT2D eigenvalue weighted by Crippen LogP contribution is 2.24. The molecule has 4 heteroatoms. The monoisotopic (exact) mass is 229 g/mol. The number of methoxy groups -OCH3 is 1. The molecule has 0 radical (unpaired) electrons. The molecule has 1 atom stereocenters. The number of benzene rings is 1. The zero-order valence-corrected chi connectivity index (χ0v) is 9.92. The van der Waals surface area contributed by atoms with Gasteiger partial charge in [0.1, 0.15) is 5.75 Å². The first kappa shape index (κ1) is 11.5. The number of nitrogens with two attached hydrogens (primary N) is 1. The zero-order valence-electron chi connectivity index (χ0n) is 9.92. The summed E-state index contributed by atoms with van der Waals surface area (Å²) in [5, 5.41) is 0. The lowest BCUT2D eigenvalue weighted by molar-refractivity contribution is 0.414. The predicted molar refractivity (Wildman–Crippen MR) is 65.8 cm³/mol. The van der Waals surface area contributed by atoms with Crippen molar-refractivity contribution in [1.29, 1.82) is 0 Å². The Bertz CT molecular complexity index is 499. The molecule has 2 aromatic rings. The van der Waals surface area contributed by atoms with Gasteiger partial charge in [0.05, 0.1) is 25.0 Å². The summed E-state index contributed by atoms with van der Waals surface area (Å²) >= 11 is 0. The van der Waals surface area contributed by atoms with E-state index in [2.05, 4.69) is 9.97 Å². The van der Waals surface area contributed by atoms with Crippen LogP contribution < -0.4 is 10.5 Å². The third kappa shape index (κ3) is 2.42. The lowest BCUT2D eigenvalue weighted by atomic mass is 9.99. The number of aromatic nitrogens is 2. The highest BCUT2D eigenvalue weighted by molar-refractivity contribution is 5.39. The Kier molecular flexibility index (Phi) is 3.35. The standard InChI is InChI=1S/C13H15N3O/c1-9-7-10(17-2)3-4-11(9)13(14)12-8-15-5-6-16-12/h3-8,13H,14H2,1-2H3. The third-order valence-corrected chi connectivity index (χ3v) is 2.71. The Morgan fingerprint density at radius 1 is 1.29 bits per heavy atom. The Morgan fingerprint density at radius 2 is 2.12 bits per heavy atom. The van der Waals surface area contributed by atoms with Crippen molar-refractivity contribution in [3.8, 4) is 5.75 Å². The van der Waals surface area contributed by atoms with E-state index in [4.69, 9.17) is 10.5 Å². The van der Waals surface area contributed by atoms with Gasteiger partial charge in [0, 0.05) is 12.4 Å². The molecule has 0 aliphatic heterocycles. The van der Waals surface area contributed by atoms with Crippen LogP contribution in [0.15, 0.2) is 36.8 Å². The summed E-state index contributed by atoms with van der Waals surface area (Å²) in [5.74, 6) is 0.831. The van der Waals surface area contributed by atoms with Crippen molar-refractivity contribution in [1.82, 2.24) is 9.97 Å². The van der Waals surface area contributed by atoms with Crippen LogP contribution in [0, 0.1) is 6.92 Å². The fourth-order valence-electron chi connectivity index (χ4n) is 1.75. The molecule has 0 amide bonds. The first-order chi connectivity index (χ1) is 8.22. The van der Waals surface area contributed by atoms with E-state index in [1.54, 1.807) is 25.7 Å². The van der Waals surface area contributed by atoms with Crippen LogP contribution in [0.2, 0.25) is 0 Å². The lowest BCUT2D eigenvalue weighted by Gasteiger charge is -2.14. The number of ether oxygens (including phenoxy) is 1. The van der Waals surface area contributed by atoms with Crippen molar-refractivity contribution in [2.75, 3.05) is 7.11 Å². The van der Waals surface area contributed by atoms with Gasteiger partial charge in [0.15, 0.2) is 0 Å². The molecule has 0 bridgehead atoms. The van der Waals surface area contributed by atoms with Gasteiger partial charge in [0.2, 0.25) is 0 Å². The first-order valence-corrected chi connectivity index (χ1v) is 5.38. The predicted octanol–water partition coefficient (Wildman–Crippen LogP) is 1.84. The van der Waals surface area contributed by atoms with E-state index in [-0.39, 0.29) is 6.04 Å². The molecular formula is C13H15N3O. The van der Waals surface area contributed by atoms with E-state index >= 15 is 0 Å². The second-order valence-corrected chi connectivity index (χ2v) is 3.83. The summed E-state index contributed by atoms with van der Waals surface area (Å²) in [4.78, 5) is 8.25. The van der Waals surface area contributed by atoms with Gasteiger partial charge in [-0.15, -0.1) is 0 Å². The van der Waals surface area contributed by atoms with Crippen LogP contribution in [0.25, 0.3) is 0 Å². The van der Waals surface area contributed by atoms with Gasteiger partial charge < -0.3 is 10.5 Å². The van der Waals surface area contributed by atoms with Gasteiger partial charge in [-0.05, 0) is 30.2 Å². The minimum Gasteiger partial charge on any atom is -0.497 e. The van der Waals surface area contributed by atoms with Crippen LogP contribution >= 0.6 is 0 Å². The third-order valence-electron chi connectivity index (χ3n) is 2.71. The van der Waals surface area contributed by atoms with Crippen LogP contribution in [0.5, 0.6) is 5.75 Å². The molecule has 1 heterocycles. The molecular weight excluding hydrogens is 214 g/mol. The number of nitrogens with zero attached hydrogens (tertiary/aromatic N) is 2. The second-order valence-electron chi connectivity index (χ2n) is 3.83. The van der Waals surface area contributed by atoms with Gasteiger partial charge in [-0.3, -0.25) is 9.97 Å². The number of hydrogen-bond donors (Lipinski definition) is 1. The van der Waals surface area contributed by atoms with Crippen molar-refractivity contribution in [2.24, 2.45) is 5.73 Å². The summed E-state index contributed by atoms with van der Waals surface area (Å²) in [7, 11) is 1.65.